The zero-order valence-electron chi connectivity index (χ0n) is 16.1. The number of hydrogen-bond acceptors (Lipinski definition) is 2. The fourth-order valence-electron chi connectivity index (χ4n) is 3.65. The standard InChI is InChI=1S/C24H23N3O/c1-3-21-23(26-22(4-2)27(21)18-13-6-5-7-14-18)24(28)25-20-16-10-12-17-11-8-9-15-19(17)20/h5-16H,3-4H2,1-2H3,(H,25,28). The molecule has 0 radical (unpaired) electrons. The molecule has 3 aromatic carbocycles. The van der Waals surface area contributed by atoms with Crippen LogP contribution >= 0.6 is 0 Å². The smallest absolute Gasteiger partial charge is 0.276 e. The predicted octanol–water partition coefficient (Wildman–Crippen LogP) is 5.40. The van der Waals surface area contributed by atoms with Crippen LogP contribution in [0.5, 0.6) is 0 Å². The van der Waals surface area contributed by atoms with Gasteiger partial charge in [-0.15, -0.1) is 0 Å². The lowest BCUT2D eigenvalue weighted by atomic mass is 10.1. The molecule has 28 heavy (non-hydrogen) atoms. The molecule has 0 aliphatic rings. The number of rotatable bonds is 5. The Balaban J connectivity index is 1.76. The van der Waals surface area contributed by atoms with E-state index in [0.717, 1.165) is 46.5 Å². The van der Waals surface area contributed by atoms with Crippen molar-refractivity contribution < 1.29 is 4.79 Å². The van der Waals surface area contributed by atoms with E-state index in [0.29, 0.717) is 5.69 Å². The normalized spacial score (nSPS) is 10.9. The second kappa shape index (κ2) is 7.69. The van der Waals surface area contributed by atoms with Crippen LogP contribution in [0, 0.1) is 0 Å². The molecule has 0 atom stereocenters. The van der Waals surface area contributed by atoms with Crippen LogP contribution in [0.15, 0.2) is 72.8 Å². The monoisotopic (exact) mass is 369 g/mol. The number of aromatic nitrogens is 2. The summed E-state index contributed by atoms with van der Waals surface area (Å²) in [7, 11) is 0. The minimum absolute atomic E-state index is 0.169. The Morgan fingerprint density at radius 1 is 0.893 bits per heavy atom. The quantitative estimate of drug-likeness (QED) is 0.512. The number of anilines is 1. The maximum Gasteiger partial charge on any atom is 0.276 e. The summed E-state index contributed by atoms with van der Waals surface area (Å²) in [4.78, 5) is 17.9. The van der Waals surface area contributed by atoms with Crippen LogP contribution in [0.2, 0.25) is 0 Å². The van der Waals surface area contributed by atoms with E-state index in [1.54, 1.807) is 0 Å². The number of aryl methyl sites for hydroxylation is 1. The van der Waals surface area contributed by atoms with Crippen molar-refractivity contribution in [1.82, 2.24) is 9.55 Å². The number of benzene rings is 3. The van der Waals surface area contributed by atoms with Crippen LogP contribution in [-0.2, 0) is 12.8 Å². The highest BCUT2D eigenvalue weighted by Crippen LogP contribution is 2.25. The van der Waals surface area contributed by atoms with Crippen LogP contribution in [-0.4, -0.2) is 15.5 Å². The Bertz CT molecular complexity index is 1120. The Morgan fingerprint density at radius 3 is 2.36 bits per heavy atom. The van der Waals surface area contributed by atoms with Gasteiger partial charge in [-0.25, -0.2) is 4.98 Å². The van der Waals surface area contributed by atoms with E-state index in [4.69, 9.17) is 4.98 Å². The SMILES string of the molecule is CCc1nc(C(=O)Nc2cccc3ccccc23)c(CC)n1-c1ccccc1. The lowest BCUT2D eigenvalue weighted by Crippen LogP contribution is -2.15. The number of nitrogens with one attached hydrogen (secondary N) is 1. The summed E-state index contributed by atoms with van der Waals surface area (Å²) in [5.74, 6) is 0.726. The summed E-state index contributed by atoms with van der Waals surface area (Å²) in [6.07, 6.45) is 1.48. The zero-order chi connectivity index (χ0) is 19.5. The van der Waals surface area contributed by atoms with Crippen molar-refractivity contribution >= 4 is 22.4 Å². The highest BCUT2D eigenvalue weighted by atomic mass is 16.1. The minimum atomic E-state index is -0.169. The molecule has 140 valence electrons. The molecule has 0 spiro atoms. The summed E-state index contributed by atoms with van der Waals surface area (Å²) < 4.78 is 2.11. The van der Waals surface area contributed by atoms with E-state index in [1.165, 1.54) is 0 Å². The maximum absolute atomic E-state index is 13.2. The largest absolute Gasteiger partial charge is 0.320 e. The summed E-state index contributed by atoms with van der Waals surface area (Å²) in [5, 5.41) is 5.20. The first kappa shape index (κ1) is 18.0. The molecule has 1 heterocycles. The average Bonchev–Trinajstić information content (AvgIpc) is 3.13. The van der Waals surface area contributed by atoms with Gasteiger partial charge in [0, 0.05) is 23.2 Å². The Hall–Kier alpha value is -3.40. The van der Waals surface area contributed by atoms with Gasteiger partial charge in [-0.3, -0.25) is 9.36 Å². The number of imidazole rings is 1. The number of para-hydroxylation sites is 1. The number of fused-ring (bicyclic) bond motifs is 1. The van der Waals surface area contributed by atoms with Gasteiger partial charge in [0.15, 0.2) is 0 Å². The molecule has 4 aromatic rings. The molecule has 0 bridgehead atoms. The van der Waals surface area contributed by atoms with Gasteiger partial charge in [0.1, 0.15) is 11.5 Å². The van der Waals surface area contributed by atoms with E-state index in [9.17, 15) is 4.79 Å². The van der Waals surface area contributed by atoms with Crippen molar-refractivity contribution in [3.05, 3.63) is 90.0 Å². The van der Waals surface area contributed by atoms with Crippen molar-refractivity contribution in [2.24, 2.45) is 0 Å². The van der Waals surface area contributed by atoms with Crippen molar-refractivity contribution in [3.8, 4) is 5.69 Å². The molecule has 0 unspecified atom stereocenters. The first-order valence-electron chi connectivity index (χ1n) is 9.68. The summed E-state index contributed by atoms with van der Waals surface area (Å²) in [6, 6.07) is 24.1. The van der Waals surface area contributed by atoms with Gasteiger partial charge in [0.2, 0.25) is 0 Å². The topological polar surface area (TPSA) is 46.9 Å². The van der Waals surface area contributed by atoms with Gasteiger partial charge in [-0.1, -0.05) is 68.4 Å². The molecule has 1 amide bonds. The Kier molecular flexibility index (Phi) is 4.94. The van der Waals surface area contributed by atoms with Crippen molar-refractivity contribution in [3.63, 3.8) is 0 Å². The van der Waals surface area contributed by atoms with E-state index in [-0.39, 0.29) is 5.91 Å². The Morgan fingerprint density at radius 2 is 1.61 bits per heavy atom. The summed E-state index contributed by atoms with van der Waals surface area (Å²) >= 11 is 0. The fraction of sp³-hybridized carbons (Fsp3) is 0.167. The third-order valence-corrected chi connectivity index (χ3v) is 4.96. The van der Waals surface area contributed by atoms with Crippen molar-refractivity contribution in [2.75, 3.05) is 5.32 Å². The van der Waals surface area contributed by atoms with Gasteiger partial charge < -0.3 is 5.32 Å². The molecule has 4 nitrogen and oxygen atoms in total. The third-order valence-electron chi connectivity index (χ3n) is 4.96. The number of nitrogens with zero attached hydrogens (tertiary/aromatic N) is 2. The number of amides is 1. The second-order valence-electron chi connectivity index (χ2n) is 6.68. The molecule has 0 saturated carbocycles. The van der Waals surface area contributed by atoms with Crippen LogP contribution in [0.3, 0.4) is 0 Å². The van der Waals surface area contributed by atoms with E-state index < -0.39 is 0 Å². The van der Waals surface area contributed by atoms with Gasteiger partial charge in [-0.05, 0) is 30.0 Å². The van der Waals surface area contributed by atoms with Crippen molar-refractivity contribution in [2.45, 2.75) is 26.7 Å². The van der Waals surface area contributed by atoms with Gasteiger partial charge in [0.05, 0.1) is 5.69 Å². The summed E-state index contributed by atoms with van der Waals surface area (Å²) in [6.45, 7) is 4.12. The van der Waals surface area contributed by atoms with Gasteiger partial charge in [0.25, 0.3) is 5.91 Å². The molecule has 4 rings (SSSR count). The molecule has 1 aromatic heterocycles. The van der Waals surface area contributed by atoms with Crippen LogP contribution in [0.25, 0.3) is 16.5 Å². The maximum atomic E-state index is 13.2. The highest BCUT2D eigenvalue weighted by Gasteiger charge is 2.22. The van der Waals surface area contributed by atoms with E-state index in [2.05, 4.69) is 23.7 Å². The van der Waals surface area contributed by atoms with Crippen molar-refractivity contribution in [1.29, 1.82) is 0 Å². The number of carbonyl (C=O) groups is 1. The van der Waals surface area contributed by atoms with Gasteiger partial charge in [-0.2, -0.15) is 0 Å². The number of hydrogen-bond donors (Lipinski definition) is 1. The Labute approximate surface area is 164 Å². The van der Waals surface area contributed by atoms with E-state index in [1.807, 2.05) is 72.8 Å². The van der Waals surface area contributed by atoms with Crippen LogP contribution in [0.4, 0.5) is 5.69 Å². The molecule has 0 fully saturated rings. The molecule has 0 aliphatic heterocycles. The zero-order valence-corrected chi connectivity index (χ0v) is 16.1. The van der Waals surface area contributed by atoms with E-state index >= 15 is 0 Å². The molecule has 0 saturated heterocycles. The molecule has 1 N–H and O–H groups in total. The minimum Gasteiger partial charge on any atom is -0.320 e. The lowest BCUT2D eigenvalue weighted by Gasteiger charge is -2.11. The first-order valence-corrected chi connectivity index (χ1v) is 9.68. The highest BCUT2D eigenvalue weighted by molar-refractivity contribution is 6.08. The summed E-state index contributed by atoms with van der Waals surface area (Å²) in [5.41, 5.74) is 3.27. The van der Waals surface area contributed by atoms with Gasteiger partial charge >= 0.3 is 0 Å². The number of carbonyl (C=O) groups excluding carboxylic acids is 1. The first-order chi connectivity index (χ1) is 13.7. The average molecular weight is 369 g/mol. The predicted molar refractivity (Wildman–Crippen MR) is 114 cm³/mol. The molecular formula is C24H23N3O. The fourth-order valence-corrected chi connectivity index (χ4v) is 3.65. The third kappa shape index (κ3) is 3.18. The van der Waals surface area contributed by atoms with Crippen LogP contribution < -0.4 is 5.32 Å². The second-order valence-corrected chi connectivity index (χ2v) is 6.68. The lowest BCUT2D eigenvalue weighted by molar-refractivity contribution is 0.102. The van der Waals surface area contributed by atoms with Crippen LogP contribution in [0.1, 0.15) is 35.9 Å². The molecule has 4 heteroatoms. The molecule has 0 aliphatic carbocycles. The molecular weight excluding hydrogens is 346 g/mol.